The van der Waals surface area contributed by atoms with E-state index in [4.69, 9.17) is 4.18 Å². The Hall–Kier alpha value is -1.90. The summed E-state index contributed by atoms with van der Waals surface area (Å²) in [4.78, 5) is 14.0. The summed E-state index contributed by atoms with van der Waals surface area (Å²) in [5.74, 6) is 0.0296. The van der Waals surface area contributed by atoms with Gasteiger partial charge in [-0.1, -0.05) is 58.4 Å². The van der Waals surface area contributed by atoms with Crippen molar-refractivity contribution < 1.29 is 22.5 Å². The van der Waals surface area contributed by atoms with Crippen LogP contribution in [0.2, 0.25) is 0 Å². The minimum atomic E-state index is -3.61. The van der Waals surface area contributed by atoms with E-state index in [9.17, 15) is 18.3 Å². The number of aliphatic hydroxyl groups is 1. The molecule has 0 bridgehead atoms. The largest absolute Gasteiger partial charge is 0.387 e. The standard InChI is InChI=1S/C19H22BrNO5S/c1-14(15-6-4-3-5-7-15)21(19(23)12-20)13-18(22)16-8-10-17(11-9-16)26-27(2,24)25/h3-11,14,18,22H,12-13H2,1-2H3/t14-,18-/m0/s1. The Kier molecular flexibility index (Phi) is 7.41. The molecule has 2 aromatic carbocycles. The van der Waals surface area contributed by atoms with Crippen LogP contribution in [-0.2, 0) is 14.9 Å². The lowest BCUT2D eigenvalue weighted by Crippen LogP contribution is -2.37. The fraction of sp³-hybridized carbons (Fsp3) is 0.316. The van der Waals surface area contributed by atoms with Gasteiger partial charge in [0.05, 0.1) is 30.3 Å². The third-order valence-corrected chi connectivity index (χ3v) is 5.04. The number of halogens is 1. The first kappa shape index (κ1) is 21.4. The van der Waals surface area contributed by atoms with Gasteiger partial charge < -0.3 is 14.2 Å². The summed E-state index contributed by atoms with van der Waals surface area (Å²) < 4.78 is 27.1. The first-order valence-electron chi connectivity index (χ1n) is 8.29. The molecule has 1 amide bonds. The summed E-state index contributed by atoms with van der Waals surface area (Å²) in [5, 5.41) is 10.7. The van der Waals surface area contributed by atoms with Gasteiger partial charge in [-0.05, 0) is 30.2 Å². The summed E-state index contributed by atoms with van der Waals surface area (Å²) in [6.07, 6.45) is 0.0382. The molecule has 0 unspecified atom stereocenters. The van der Waals surface area contributed by atoms with Gasteiger partial charge in [0.2, 0.25) is 5.91 Å². The predicted octanol–water partition coefficient (Wildman–Crippen LogP) is 3.04. The van der Waals surface area contributed by atoms with Crippen molar-refractivity contribution in [3.63, 3.8) is 0 Å². The number of hydrogen-bond donors (Lipinski definition) is 1. The van der Waals surface area contributed by atoms with Crippen molar-refractivity contribution in [2.45, 2.75) is 19.1 Å². The van der Waals surface area contributed by atoms with Gasteiger partial charge in [-0.25, -0.2) is 0 Å². The molecule has 0 fully saturated rings. The molecule has 0 aromatic heterocycles. The third-order valence-electron chi connectivity index (χ3n) is 4.07. The average molecular weight is 456 g/mol. The molecule has 0 aliphatic carbocycles. The SMILES string of the molecule is C[C@@H](c1ccccc1)N(C[C@H](O)c1ccc(OS(C)(=O)=O)cc1)C(=O)CBr. The van der Waals surface area contributed by atoms with Gasteiger partial charge in [0, 0.05) is 0 Å². The van der Waals surface area contributed by atoms with E-state index in [1.54, 1.807) is 17.0 Å². The van der Waals surface area contributed by atoms with E-state index in [2.05, 4.69) is 15.9 Å². The van der Waals surface area contributed by atoms with Crippen molar-refractivity contribution in [2.75, 3.05) is 18.1 Å². The summed E-state index contributed by atoms with van der Waals surface area (Å²) in [6.45, 7) is 2.01. The zero-order chi connectivity index (χ0) is 20.0. The maximum Gasteiger partial charge on any atom is 0.306 e. The van der Waals surface area contributed by atoms with Crippen molar-refractivity contribution >= 4 is 32.0 Å². The van der Waals surface area contributed by atoms with E-state index in [1.165, 1.54) is 12.1 Å². The molecule has 0 saturated carbocycles. The smallest absolute Gasteiger partial charge is 0.306 e. The lowest BCUT2D eigenvalue weighted by Gasteiger charge is -2.31. The Balaban J connectivity index is 2.16. The van der Waals surface area contributed by atoms with E-state index < -0.39 is 16.2 Å². The average Bonchev–Trinajstić information content (AvgIpc) is 2.64. The van der Waals surface area contributed by atoms with Crippen LogP contribution >= 0.6 is 15.9 Å². The van der Waals surface area contributed by atoms with Crippen LogP contribution in [0.1, 0.15) is 30.2 Å². The van der Waals surface area contributed by atoms with Gasteiger partial charge in [-0.3, -0.25) is 4.79 Å². The minimum absolute atomic E-state index is 0.104. The van der Waals surface area contributed by atoms with Crippen molar-refractivity contribution in [2.24, 2.45) is 0 Å². The zero-order valence-corrected chi connectivity index (χ0v) is 17.5. The number of carbonyl (C=O) groups excluding carboxylic acids is 1. The van der Waals surface area contributed by atoms with E-state index >= 15 is 0 Å². The fourth-order valence-corrected chi connectivity index (χ4v) is 3.46. The molecule has 2 rings (SSSR count). The van der Waals surface area contributed by atoms with Crippen LogP contribution in [0.5, 0.6) is 5.75 Å². The summed E-state index contributed by atoms with van der Waals surface area (Å²) >= 11 is 3.19. The van der Waals surface area contributed by atoms with Crippen LogP contribution in [0.15, 0.2) is 54.6 Å². The molecular formula is C19H22BrNO5S. The maximum atomic E-state index is 12.4. The van der Waals surface area contributed by atoms with Crippen molar-refractivity contribution in [3.8, 4) is 5.75 Å². The van der Waals surface area contributed by atoms with Crippen molar-refractivity contribution in [1.82, 2.24) is 4.90 Å². The highest BCUT2D eigenvalue weighted by Gasteiger charge is 2.24. The molecule has 0 heterocycles. The van der Waals surface area contributed by atoms with Gasteiger partial charge in [-0.2, -0.15) is 8.42 Å². The fourth-order valence-electron chi connectivity index (χ4n) is 2.68. The van der Waals surface area contributed by atoms with E-state index in [0.717, 1.165) is 11.8 Å². The number of amides is 1. The van der Waals surface area contributed by atoms with E-state index in [-0.39, 0.29) is 29.6 Å². The van der Waals surface area contributed by atoms with Gasteiger partial charge in [-0.15, -0.1) is 0 Å². The molecule has 8 heteroatoms. The van der Waals surface area contributed by atoms with Crippen LogP contribution in [0.4, 0.5) is 0 Å². The topological polar surface area (TPSA) is 83.9 Å². The second-order valence-electron chi connectivity index (χ2n) is 6.14. The Morgan fingerprint density at radius 3 is 2.22 bits per heavy atom. The molecule has 0 radical (unpaired) electrons. The first-order chi connectivity index (χ1) is 12.7. The van der Waals surface area contributed by atoms with E-state index in [1.807, 2.05) is 37.3 Å². The lowest BCUT2D eigenvalue weighted by atomic mass is 10.0. The molecule has 0 aliphatic rings. The second-order valence-corrected chi connectivity index (χ2v) is 8.27. The zero-order valence-electron chi connectivity index (χ0n) is 15.1. The molecule has 27 heavy (non-hydrogen) atoms. The third kappa shape index (κ3) is 6.34. The molecule has 0 saturated heterocycles. The second kappa shape index (κ2) is 9.34. The molecule has 146 valence electrons. The van der Waals surface area contributed by atoms with Gasteiger partial charge in [0.1, 0.15) is 5.75 Å². The minimum Gasteiger partial charge on any atom is -0.387 e. The first-order valence-corrected chi connectivity index (χ1v) is 11.2. The van der Waals surface area contributed by atoms with Crippen LogP contribution < -0.4 is 4.18 Å². The molecule has 1 N–H and O–H groups in total. The molecule has 0 aliphatic heterocycles. The number of hydrogen-bond acceptors (Lipinski definition) is 5. The Bertz CT molecular complexity index is 855. The van der Waals surface area contributed by atoms with Gasteiger partial charge in [0.15, 0.2) is 0 Å². The van der Waals surface area contributed by atoms with Gasteiger partial charge >= 0.3 is 10.1 Å². The Morgan fingerprint density at radius 2 is 1.70 bits per heavy atom. The number of rotatable bonds is 8. The number of alkyl halides is 1. The van der Waals surface area contributed by atoms with Crippen LogP contribution in [0.3, 0.4) is 0 Å². The molecule has 2 atom stereocenters. The number of carbonyl (C=O) groups is 1. The Morgan fingerprint density at radius 1 is 1.11 bits per heavy atom. The lowest BCUT2D eigenvalue weighted by molar-refractivity contribution is -0.132. The summed E-state index contributed by atoms with van der Waals surface area (Å²) in [6, 6.07) is 15.5. The number of aliphatic hydroxyl groups excluding tert-OH is 1. The number of benzene rings is 2. The molecule has 0 spiro atoms. The highest BCUT2D eigenvalue weighted by Crippen LogP contribution is 2.25. The highest BCUT2D eigenvalue weighted by molar-refractivity contribution is 9.09. The molecule has 2 aromatic rings. The van der Waals surface area contributed by atoms with Crippen LogP contribution in [0.25, 0.3) is 0 Å². The van der Waals surface area contributed by atoms with Crippen molar-refractivity contribution in [1.29, 1.82) is 0 Å². The summed E-state index contributed by atoms with van der Waals surface area (Å²) in [5.41, 5.74) is 1.53. The number of nitrogens with zero attached hydrogens (tertiary/aromatic N) is 1. The normalized spacial score (nSPS) is 13.6. The van der Waals surface area contributed by atoms with E-state index in [0.29, 0.717) is 5.56 Å². The quantitative estimate of drug-likeness (QED) is 0.488. The highest BCUT2D eigenvalue weighted by atomic mass is 79.9. The summed E-state index contributed by atoms with van der Waals surface area (Å²) in [7, 11) is -3.61. The van der Waals surface area contributed by atoms with Gasteiger partial charge in [0.25, 0.3) is 0 Å². The van der Waals surface area contributed by atoms with Crippen LogP contribution in [0, 0.1) is 0 Å². The maximum absolute atomic E-state index is 12.4. The Labute approximate surface area is 168 Å². The predicted molar refractivity (Wildman–Crippen MR) is 107 cm³/mol. The molecular weight excluding hydrogens is 434 g/mol. The molecule has 6 nitrogen and oxygen atoms in total. The monoisotopic (exact) mass is 455 g/mol. The van der Waals surface area contributed by atoms with Crippen molar-refractivity contribution in [3.05, 3.63) is 65.7 Å². The van der Waals surface area contributed by atoms with Crippen LogP contribution in [-0.4, -0.2) is 42.5 Å².